The van der Waals surface area contributed by atoms with Gasteiger partial charge in [0, 0.05) is 11.1 Å². The summed E-state index contributed by atoms with van der Waals surface area (Å²) in [5.74, 6) is 0. The molecule has 3 rings (SSSR count). The highest BCUT2D eigenvalue weighted by atomic mass is 32.1. The number of benzene rings is 2. The monoisotopic (exact) mass is 282 g/mol. The minimum atomic E-state index is 0.0562. The quantitative estimate of drug-likeness (QED) is 0.750. The van der Waals surface area contributed by atoms with Gasteiger partial charge < -0.3 is 5.73 Å². The molecule has 100 valence electrons. The minimum absolute atomic E-state index is 0.0562. The van der Waals surface area contributed by atoms with Crippen LogP contribution in [0.15, 0.2) is 64.8 Å². The van der Waals surface area contributed by atoms with Crippen LogP contribution in [0.3, 0.4) is 0 Å². The lowest BCUT2D eigenvalue weighted by atomic mass is 10.1. The molecule has 0 fully saturated rings. The first-order chi connectivity index (χ1) is 9.74. The van der Waals surface area contributed by atoms with Gasteiger partial charge in [-0.3, -0.25) is 9.36 Å². The first kappa shape index (κ1) is 12.7. The van der Waals surface area contributed by atoms with Gasteiger partial charge in [0.05, 0.1) is 12.2 Å². The van der Waals surface area contributed by atoms with E-state index in [2.05, 4.69) is 0 Å². The molecule has 0 saturated heterocycles. The standard InChI is InChI=1S/C16H14N2OS/c17-14-8-6-13(7-9-14)15-11-20-16(19)18(15)10-12-4-2-1-3-5-12/h1-9,11H,10,17H2. The second-order valence-electron chi connectivity index (χ2n) is 4.58. The van der Waals surface area contributed by atoms with Gasteiger partial charge in [0.1, 0.15) is 0 Å². The van der Waals surface area contributed by atoms with Crippen molar-refractivity contribution < 1.29 is 0 Å². The average molecular weight is 282 g/mol. The number of aromatic nitrogens is 1. The number of thiazole rings is 1. The van der Waals surface area contributed by atoms with E-state index in [0.29, 0.717) is 6.54 Å². The maximum atomic E-state index is 12.0. The molecule has 0 radical (unpaired) electrons. The molecule has 1 heterocycles. The molecule has 2 aromatic carbocycles. The van der Waals surface area contributed by atoms with Crippen LogP contribution in [0.2, 0.25) is 0 Å². The van der Waals surface area contributed by atoms with Crippen LogP contribution in [0.25, 0.3) is 11.3 Å². The fourth-order valence-electron chi connectivity index (χ4n) is 2.13. The van der Waals surface area contributed by atoms with Gasteiger partial charge in [-0.2, -0.15) is 0 Å². The Morgan fingerprint density at radius 2 is 1.70 bits per heavy atom. The highest BCUT2D eigenvalue weighted by Crippen LogP contribution is 2.22. The largest absolute Gasteiger partial charge is 0.399 e. The lowest BCUT2D eigenvalue weighted by Gasteiger charge is -2.08. The molecule has 0 aliphatic heterocycles. The molecule has 0 unspecified atom stereocenters. The van der Waals surface area contributed by atoms with Gasteiger partial charge in [0.15, 0.2) is 0 Å². The van der Waals surface area contributed by atoms with Crippen LogP contribution < -0.4 is 10.6 Å². The van der Waals surface area contributed by atoms with Crippen molar-refractivity contribution in [2.24, 2.45) is 0 Å². The van der Waals surface area contributed by atoms with Crippen molar-refractivity contribution in [3.63, 3.8) is 0 Å². The second-order valence-corrected chi connectivity index (χ2v) is 5.40. The topological polar surface area (TPSA) is 48.0 Å². The van der Waals surface area contributed by atoms with E-state index >= 15 is 0 Å². The maximum Gasteiger partial charge on any atom is 0.307 e. The molecule has 2 N–H and O–H groups in total. The van der Waals surface area contributed by atoms with E-state index in [4.69, 9.17) is 5.73 Å². The second kappa shape index (κ2) is 5.35. The zero-order valence-electron chi connectivity index (χ0n) is 10.8. The van der Waals surface area contributed by atoms with E-state index in [-0.39, 0.29) is 4.87 Å². The molecule has 20 heavy (non-hydrogen) atoms. The van der Waals surface area contributed by atoms with Crippen molar-refractivity contribution in [1.29, 1.82) is 0 Å². The molecule has 1 aromatic heterocycles. The molecule has 3 nitrogen and oxygen atoms in total. The van der Waals surface area contributed by atoms with Gasteiger partial charge in [-0.1, -0.05) is 53.8 Å². The van der Waals surface area contributed by atoms with Gasteiger partial charge in [0.25, 0.3) is 0 Å². The van der Waals surface area contributed by atoms with Crippen molar-refractivity contribution in [2.45, 2.75) is 6.54 Å². The fraction of sp³-hybridized carbons (Fsp3) is 0.0625. The Balaban J connectivity index is 2.01. The maximum absolute atomic E-state index is 12.0. The molecular formula is C16H14N2OS. The third kappa shape index (κ3) is 2.51. The molecule has 0 amide bonds. The average Bonchev–Trinajstić information content (AvgIpc) is 2.83. The molecule has 0 bridgehead atoms. The SMILES string of the molecule is Nc1ccc(-c2csc(=O)n2Cc2ccccc2)cc1. The van der Waals surface area contributed by atoms with Crippen LogP contribution in [0, 0.1) is 0 Å². The predicted octanol–water partition coefficient (Wildman–Crippen LogP) is 3.21. The number of anilines is 1. The molecule has 0 aliphatic carbocycles. The predicted molar refractivity (Wildman–Crippen MR) is 84.0 cm³/mol. The summed E-state index contributed by atoms with van der Waals surface area (Å²) in [6.07, 6.45) is 0. The fourth-order valence-corrected chi connectivity index (χ4v) is 2.89. The van der Waals surface area contributed by atoms with Crippen LogP contribution in [0.4, 0.5) is 5.69 Å². The Morgan fingerprint density at radius 1 is 1.00 bits per heavy atom. The molecule has 0 aliphatic rings. The Hall–Kier alpha value is -2.33. The van der Waals surface area contributed by atoms with Crippen molar-refractivity contribution in [2.75, 3.05) is 5.73 Å². The Labute approximate surface area is 120 Å². The van der Waals surface area contributed by atoms with Crippen LogP contribution in [0.1, 0.15) is 5.56 Å². The molecule has 3 aromatic rings. The first-order valence-electron chi connectivity index (χ1n) is 6.32. The van der Waals surface area contributed by atoms with E-state index in [1.165, 1.54) is 11.3 Å². The van der Waals surface area contributed by atoms with E-state index in [9.17, 15) is 4.79 Å². The number of nitrogen functional groups attached to an aromatic ring is 1. The third-order valence-corrected chi connectivity index (χ3v) is 3.94. The summed E-state index contributed by atoms with van der Waals surface area (Å²) in [5.41, 5.74) is 9.49. The highest BCUT2D eigenvalue weighted by molar-refractivity contribution is 7.07. The van der Waals surface area contributed by atoms with Crippen LogP contribution in [-0.2, 0) is 6.54 Å². The van der Waals surface area contributed by atoms with Crippen LogP contribution >= 0.6 is 11.3 Å². The van der Waals surface area contributed by atoms with Crippen LogP contribution in [-0.4, -0.2) is 4.57 Å². The van der Waals surface area contributed by atoms with E-state index in [1.807, 2.05) is 60.0 Å². The lowest BCUT2D eigenvalue weighted by molar-refractivity contribution is 0.792. The molecular weight excluding hydrogens is 268 g/mol. The van der Waals surface area contributed by atoms with Gasteiger partial charge in [-0.15, -0.1) is 0 Å². The van der Waals surface area contributed by atoms with E-state index < -0.39 is 0 Å². The Bertz CT molecular complexity index is 757. The first-order valence-corrected chi connectivity index (χ1v) is 7.20. The number of rotatable bonds is 3. The summed E-state index contributed by atoms with van der Waals surface area (Å²) in [7, 11) is 0. The summed E-state index contributed by atoms with van der Waals surface area (Å²) in [5, 5.41) is 1.90. The summed E-state index contributed by atoms with van der Waals surface area (Å²) < 4.78 is 1.80. The normalized spacial score (nSPS) is 10.6. The van der Waals surface area contributed by atoms with Crippen LogP contribution in [0.5, 0.6) is 0 Å². The number of hydrogen-bond donors (Lipinski definition) is 1. The van der Waals surface area contributed by atoms with Crippen molar-refractivity contribution in [1.82, 2.24) is 4.57 Å². The molecule has 4 heteroatoms. The summed E-state index contributed by atoms with van der Waals surface area (Å²) in [6, 6.07) is 17.6. The summed E-state index contributed by atoms with van der Waals surface area (Å²) in [6.45, 7) is 0.586. The minimum Gasteiger partial charge on any atom is -0.399 e. The Morgan fingerprint density at radius 3 is 2.40 bits per heavy atom. The van der Waals surface area contributed by atoms with E-state index in [0.717, 1.165) is 22.5 Å². The summed E-state index contributed by atoms with van der Waals surface area (Å²) >= 11 is 1.23. The highest BCUT2D eigenvalue weighted by Gasteiger charge is 2.09. The molecule has 0 saturated carbocycles. The van der Waals surface area contributed by atoms with Gasteiger partial charge in [0.2, 0.25) is 0 Å². The Kier molecular flexibility index (Phi) is 3.39. The van der Waals surface area contributed by atoms with Gasteiger partial charge in [-0.25, -0.2) is 0 Å². The molecule has 0 spiro atoms. The number of nitrogens with zero attached hydrogens (tertiary/aromatic N) is 1. The number of nitrogens with two attached hydrogens (primary N) is 1. The molecule has 0 atom stereocenters. The van der Waals surface area contributed by atoms with Crippen molar-refractivity contribution in [3.8, 4) is 11.3 Å². The smallest absolute Gasteiger partial charge is 0.307 e. The number of hydrogen-bond acceptors (Lipinski definition) is 3. The van der Waals surface area contributed by atoms with Gasteiger partial charge >= 0.3 is 4.87 Å². The van der Waals surface area contributed by atoms with Crippen molar-refractivity contribution in [3.05, 3.63) is 75.2 Å². The zero-order valence-corrected chi connectivity index (χ0v) is 11.6. The van der Waals surface area contributed by atoms with Gasteiger partial charge in [-0.05, 0) is 23.3 Å². The third-order valence-electron chi connectivity index (χ3n) is 3.17. The summed E-state index contributed by atoms with van der Waals surface area (Å²) in [4.78, 5) is 12.1. The zero-order chi connectivity index (χ0) is 13.9. The lowest BCUT2D eigenvalue weighted by Crippen LogP contribution is -2.15. The van der Waals surface area contributed by atoms with E-state index in [1.54, 1.807) is 4.57 Å². The van der Waals surface area contributed by atoms with Crippen molar-refractivity contribution >= 4 is 17.0 Å².